The van der Waals surface area contributed by atoms with Crippen molar-refractivity contribution >= 4 is 0 Å². The number of piperidine rings is 1. The standard InChI is InChI=1S/C16H22FN/c1-3-6-16-7-4-5-12-18(16)13(2)14-8-10-15(17)11-9-14/h6,8-11,13H,3-5,7,12H2,1-2H3/b16-6+. The van der Waals surface area contributed by atoms with Crippen LogP contribution in [0.15, 0.2) is 36.0 Å². The van der Waals surface area contributed by atoms with E-state index >= 15 is 0 Å². The lowest BCUT2D eigenvalue weighted by Crippen LogP contribution is -2.30. The molecule has 1 aliphatic heterocycles. The van der Waals surface area contributed by atoms with E-state index in [4.69, 9.17) is 0 Å². The summed E-state index contributed by atoms with van der Waals surface area (Å²) in [6.45, 7) is 5.51. The van der Waals surface area contributed by atoms with Gasteiger partial charge in [0.2, 0.25) is 0 Å². The van der Waals surface area contributed by atoms with Crippen LogP contribution in [0.3, 0.4) is 0 Å². The van der Waals surface area contributed by atoms with Crippen molar-refractivity contribution < 1.29 is 4.39 Å². The second-order valence-corrected chi connectivity index (χ2v) is 4.98. The third kappa shape index (κ3) is 2.92. The molecule has 1 aromatic rings. The Kier molecular flexibility index (Phi) is 4.40. The molecule has 18 heavy (non-hydrogen) atoms. The molecule has 2 rings (SSSR count). The Bertz CT molecular complexity index is 408. The van der Waals surface area contributed by atoms with Gasteiger partial charge in [0.15, 0.2) is 0 Å². The predicted octanol–water partition coefficient (Wildman–Crippen LogP) is 4.67. The molecule has 1 heterocycles. The van der Waals surface area contributed by atoms with E-state index in [-0.39, 0.29) is 5.82 Å². The zero-order chi connectivity index (χ0) is 13.0. The first kappa shape index (κ1) is 13.1. The number of hydrogen-bond acceptors (Lipinski definition) is 1. The molecule has 0 saturated carbocycles. The maximum Gasteiger partial charge on any atom is 0.123 e. The SMILES string of the molecule is CC/C=C1\CCCCN1C(C)c1ccc(F)cc1. The van der Waals surface area contributed by atoms with Gasteiger partial charge in [0.25, 0.3) is 0 Å². The van der Waals surface area contributed by atoms with E-state index in [1.165, 1.54) is 30.5 Å². The van der Waals surface area contributed by atoms with Gasteiger partial charge in [0.05, 0.1) is 6.04 Å². The van der Waals surface area contributed by atoms with Gasteiger partial charge in [-0.3, -0.25) is 0 Å². The lowest BCUT2D eigenvalue weighted by atomic mass is 10.00. The summed E-state index contributed by atoms with van der Waals surface area (Å²) in [5.74, 6) is -0.158. The topological polar surface area (TPSA) is 3.24 Å². The van der Waals surface area contributed by atoms with E-state index in [9.17, 15) is 4.39 Å². The van der Waals surface area contributed by atoms with Crippen LogP contribution in [-0.2, 0) is 0 Å². The van der Waals surface area contributed by atoms with Gasteiger partial charge in [-0.2, -0.15) is 0 Å². The minimum atomic E-state index is -0.158. The Morgan fingerprint density at radius 2 is 2.00 bits per heavy atom. The summed E-state index contributed by atoms with van der Waals surface area (Å²) in [5.41, 5.74) is 2.65. The van der Waals surface area contributed by atoms with Crippen molar-refractivity contribution in [3.8, 4) is 0 Å². The zero-order valence-corrected chi connectivity index (χ0v) is 11.3. The monoisotopic (exact) mass is 247 g/mol. The third-order valence-corrected chi connectivity index (χ3v) is 3.71. The molecule has 1 unspecified atom stereocenters. The second-order valence-electron chi connectivity index (χ2n) is 4.98. The van der Waals surface area contributed by atoms with Crippen LogP contribution in [-0.4, -0.2) is 11.4 Å². The van der Waals surface area contributed by atoms with Crippen LogP contribution in [0.5, 0.6) is 0 Å². The summed E-state index contributed by atoms with van der Waals surface area (Å²) >= 11 is 0. The maximum absolute atomic E-state index is 13.0. The average molecular weight is 247 g/mol. The first-order valence-electron chi connectivity index (χ1n) is 6.93. The molecule has 0 amide bonds. The number of allylic oxidation sites excluding steroid dienone is 2. The molecule has 0 radical (unpaired) electrons. The molecule has 0 bridgehead atoms. The molecule has 1 aliphatic rings. The molecule has 0 aliphatic carbocycles. The highest BCUT2D eigenvalue weighted by molar-refractivity contribution is 5.21. The van der Waals surface area contributed by atoms with Gasteiger partial charge in [-0.1, -0.05) is 25.1 Å². The number of benzene rings is 1. The van der Waals surface area contributed by atoms with Crippen LogP contribution >= 0.6 is 0 Å². The minimum absolute atomic E-state index is 0.158. The fourth-order valence-corrected chi connectivity index (χ4v) is 2.69. The lowest BCUT2D eigenvalue weighted by molar-refractivity contribution is 0.229. The summed E-state index contributed by atoms with van der Waals surface area (Å²) in [4.78, 5) is 2.47. The van der Waals surface area contributed by atoms with Crippen molar-refractivity contribution in [2.24, 2.45) is 0 Å². The number of likely N-dealkylation sites (tertiary alicyclic amines) is 1. The van der Waals surface area contributed by atoms with Crippen molar-refractivity contribution in [2.45, 2.75) is 45.6 Å². The lowest BCUT2D eigenvalue weighted by Gasteiger charge is -2.37. The Balaban J connectivity index is 2.17. The first-order valence-corrected chi connectivity index (χ1v) is 6.93. The van der Waals surface area contributed by atoms with E-state index in [1.54, 1.807) is 12.1 Å². The number of rotatable bonds is 3. The molecule has 1 nitrogen and oxygen atoms in total. The van der Waals surface area contributed by atoms with Gasteiger partial charge in [0.1, 0.15) is 5.82 Å². The van der Waals surface area contributed by atoms with Gasteiger partial charge < -0.3 is 4.90 Å². The Labute approximate surface area is 109 Å². The highest BCUT2D eigenvalue weighted by Gasteiger charge is 2.20. The zero-order valence-electron chi connectivity index (χ0n) is 11.3. The molecule has 0 N–H and O–H groups in total. The van der Waals surface area contributed by atoms with Crippen molar-refractivity contribution in [1.29, 1.82) is 0 Å². The molecule has 1 fully saturated rings. The molecule has 0 aromatic heterocycles. The van der Waals surface area contributed by atoms with E-state index in [2.05, 4.69) is 24.8 Å². The van der Waals surface area contributed by atoms with Crippen molar-refractivity contribution in [2.75, 3.05) is 6.54 Å². The summed E-state index contributed by atoms with van der Waals surface area (Å²) in [6, 6.07) is 7.25. The third-order valence-electron chi connectivity index (χ3n) is 3.71. The van der Waals surface area contributed by atoms with Gasteiger partial charge in [-0.15, -0.1) is 0 Å². The van der Waals surface area contributed by atoms with Crippen LogP contribution < -0.4 is 0 Å². The Hall–Kier alpha value is -1.31. The van der Waals surface area contributed by atoms with Crippen molar-refractivity contribution in [3.63, 3.8) is 0 Å². The van der Waals surface area contributed by atoms with Gasteiger partial charge in [0, 0.05) is 12.2 Å². The van der Waals surface area contributed by atoms with Crippen LogP contribution in [0.2, 0.25) is 0 Å². The fraction of sp³-hybridized carbons (Fsp3) is 0.500. The molecular formula is C16H22FN. The molecule has 98 valence electrons. The van der Waals surface area contributed by atoms with Crippen LogP contribution in [0.4, 0.5) is 4.39 Å². The van der Waals surface area contributed by atoms with Gasteiger partial charge >= 0.3 is 0 Å². The Morgan fingerprint density at radius 3 is 2.67 bits per heavy atom. The number of halogens is 1. The van der Waals surface area contributed by atoms with Crippen LogP contribution in [0.25, 0.3) is 0 Å². The first-order chi connectivity index (χ1) is 8.72. The average Bonchev–Trinajstić information content (AvgIpc) is 2.40. The molecule has 2 heteroatoms. The molecule has 1 saturated heterocycles. The van der Waals surface area contributed by atoms with E-state index in [0.717, 1.165) is 13.0 Å². The summed E-state index contributed by atoms with van der Waals surface area (Å²) in [5, 5.41) is 0. The normalized spacial score (nSPS) is 20.2. The number of hydrogen-bond donors (Lipinski definition) is 0. The molecule has 1 atom stereocenters. The van der Waals surface area contributed by atoms with Crippen molar-refractivity contribution in [3.05, 3.63) is 47.4 Å². The highest BCUT2D eigenvalue weighted by Crippen LogP contribution is 2.30. The minimum Gasteiger partial charge on any atom is -0.368 e. The highest BCUT2D eigenvalue weighted by atomic mass is 19.1. The summed E-state index contributed by atoms with van der Waals surface area (Å²) < 4.78 is 13.0. The van der Waals surface area contributed by atoms with Gasteiger partial charge in [-0.25, -0.2) is 4.39 Å². The molecule has 0 spiro atoms. The maximum atomic E-state index is 13.0. The van der Waals surface area contributed by atoms with Gasteiger partial charge in [-0.05, 0) is 50.3 Å². The smallest absolute Gasteiger partial charge is 0.123 e. The van der Waals surface area contributed by atoms with Crippen molar-refractivity contribution in [1.82, 2.24) is 4.90 Å². The fourth-order valence-electron chi connectivity index (χ4n) is 2.69. The Morgan fingerprint density at radius 1 is 1.28 bits per heavy atom. The summed E-state index contributed by atoms with van der Waals surface area (Å²) in [6.07, 6.45) is 7.14. The quantitative estimate of drug-likeness (QED) is 0.750. The van der Waals surface area contributed by atoms with Crippen LogP contribution in [0, 0.1) is 5.82 Å². The molecular weight excluding hydrogens is 225 g/mol. The summed E-state index contributed by atoms with van der Waals surface area (Å²) in [7, 11) is 0. The molecule has 1 aromatic carbocycles. The van der Waals surface area contributed by atoms with E-state index in [1.807, 2.05) is 12.1 Å². The van der Waals surface area contributed by atoms with Crippen LogP contribution in [0.1, 0.15) is 51.1 Å². The number of nitrogens with zero attached hydrogens (tertiary/aromatic N) is 1. The predicted molar refractivity (Wildman–Crippen MR) is 73.7 cm³/mol. The largest absolute Gasteiger partial charge is 0.368 e. The van der Waals surface area contributed by atoms with E-state index in [0.29, 0.717) is 6.04 Å². The van der Waals surface area contributed by atoms with E-state index < -0.39 is 0 Å². The second kappa shape index (κ2) is 6.03.